The molecule has 0 spiro atoms. The molecule has 5 heteroatoms. The predicted molar refractivity (Wildman–Crippen MR) is 79.6 cm³/mol. The summed E-state index contributed by atoms with van der Waals surface area (Å²) < 4.78 is 5.15. The number of carbonyl (C=O) groups excluding carboxylic acids is 1. The maximum absolute atomic E-state index is 11.4. The maximum Gasteiger partial charge on any atom is 0.407 e. The van der Waals surface area contributed by atoms with Crippen LogP contribution in [0.15, 0.2) is 10.8 Å². The summed E-state index contributed by atoms with van der Waals surface area (Å²) in [4.78, 5) is 11.4. The summed E-state index contributed by atoms with van der Waals surface area (Å²) in [6.07, 6.45) is 0.545. The van der Waals surface area contributed by atoms with Gasteiger partial charge in [0.2, 0.25) is 0 Å². The van der Waals surface area contributed by atoms with E-state index >= 15 is 0 Å². The smallest absolute Gasteiger partial charge is 0.407 e. The van der Waals surface area contributed by atoms with E-state index in [-0.39, 0.29) is 6.09 Å². The Morgan fingerprint density at radius 2 is 2.05 bits per heavy atom. The van der Waals surface area contributed by atoms with Crippen LogP contribution in [0.25, 0.3) is 0 Å². The van der Waals surface area contributed by atoms with Crippen LogP contribution in [-0.4, -0.2) is 24.8 Å². The monoisotopic (exact) mass is 284 g/mol. The highest BCUT2D eigenvalue weighted by Gasteiger charge is 2.15. The number of thiophene rings is 1. The van der Waals surface area contributed by atoms with Crippen molar-refractivity contribution in [1.29, 1.82) is 0 Å². The second kappa shape index (κ2) is 7.50. The van der Waals surface area contributed by atoms with Crippen molar-refractivity contribution in [1.82, 2.24) is 10.6 Å². The molecule has 1 rings (SSSR count). The van der Waals surface area contributed by atoms with E-state index in [0.29, 0.717) is 6.54 Å². The molecule has 0 saturated carbocycles. The predicted octanol–water partition coefficient (Wildman–Crippen LogP) is 3.06. The van der Waals surface area contributed by atoms with Crippen LogP contribution in [0.1, 0.15) is 38.3 Å². The minimum absolute atomic E-state index is 0.346. The lowest BCUT2D eigenvalue weighted by Gasteiger charge is -2.19. The number of carbonyl (C=O) groups is 1. The zero-order chi connectivity index (χ0) is 14.3. The summed E-state index contributed by atoms with van der Waals surface area (Å²) in [5.41, 5.74) is 2.26. The van der Waals surface area contributed by atoms with E-state index in [1.165, 1.54) is 11.1 Å². The van der Waals surface area contributed by atoms with E-state index < -0.39 is 5.60 Å². The maximum atomic E-state index is 11.4. The topological polar surface area (TPSA) is 50.4 Å². The van der Waals surface area contributed by atoms with Crippen LogP contribution in [0.3, 0.4) is 0 Å². The van der Waals surface area contributed by atoms with Crippen LogP contribution < -0.4 is 10.6 Å². The molecule has 0 aliphatic carbocycles. The van der Waals surface area contributed by atoms with Crippen molar-refractivity contribution >= 4 is 17.4 Å². The number of amides is 1. The summed E-state index contributed by atoms with van der Waals surface area (Å²) >= 11 is 1.73. The zero-order valence-electron chi connectivity index (χ0n) is 12.2. The van der Waals surface area contributed by atoms with Crippen LogP contribution in [-0.2, 0) is 11.3 Å². The fourth-order valence-corrected chi connectivity index (χ4v) is 2.37. The SMILES string of the molecule is Cc1cscc1CNCCCNC(=O)OC(C)(C)C. The standard InChI is InChI=1S/C14H24N2O2S/c1-11-9-19-10-12(11)8-15-6-5-7-16-13(17)18-14(2,3)4/h9-10,15H,5-8H2,1-4H3,(H,16,17). The molecular formula is C14H24N2O2S. The van der Waals surface area contributed by atoms with Gasteiger partial charge in [-0.05, 0) is 62.5 Å². The number of hydrogen-bond donors (Lipinski definition) is 2. The Morgan fingerprint density at radius 3 is 2.63 bits per heavy atom. The first-order valence-corrected chi connectivity index (χ1v) is 7.52. The lowest BCUT2D eigenvalue weighted by Crippen LogP contribution is -2.33. The first kappa shape index (κ1) is 16.0. The Morgan fingerprint density at radius 1 is 1.32 bits per heavy atom. The van der Waals surface area contributed by atoms with Gasteiger partial charge in [0.25, 0.3) is 0 Å². The minimum atomic E-state index is -0.432. The van der Waals surface area contributed by atoms with E-state index in [2.05, 4.69) is 28.3 Å². The van der Waals surface area contributed by atoms with Crippen molar-refractivity contribution in [2.24, 2.45) is 0 Å². The van der Waals surface area contributed by atoms with Gasteiger partial charge in [0.1, 0.15) is 5.60 Å². The van der Waals surface area contributed by atoms with E-state index in [9.17, 15) is 4.79 Å². The average Bonchev–Trinajstić information content (AvgIpc) is 2.67. The molecule has 1 aromatic rings. The molecule has 2 N–H and O–H groups in total. The molecular weight excluding hydrogens is 260 g/mol. The third kappa shape index (κ3) is 7.18. The molecule has 1 heterocycles. The highest BCUT2D eigenvalue weighted by atomic mass is 32.1. The van der Waals surface area contributed by atoms with Gasteiger partial charge in [0, 0.05) is 13.1 Å². The molecule has 0 atom stereocenters. The van der Waals surface area contributed by atoms with Gasteiger partial charge >= 0.3 is 6.09 Å². The van der Waals surface area contributed by atoms with Gasteiger partial charge in [0.15, 0.2) is 0 Å². The third-order valence-electron chi connectivity index (χ3n) is 2.48. The Bertz CT molecular complexity index is 396. The van der Waals surface area contributed by atoms with Gasteiger partial charge in [-0.25, -0.2) is 4.79 Å². The zero-order valence-corrected chi connectivity index (χ0v) is 13.0. The summed E-state index contributed by atoms with van der Waals surface area (Å²) in [5, 5.41) is 10.4. The molecule has 4 nitrogen and oxygen atoms in total. The number of ether oxygens (including phenoxy) is 1. The summed E-state index contributed by atoms with van der Waals surface area (Å²) in [5.74, 6) is 0. The molecule has 1 amide bonds. The van der Waals surface area contributed by atoms with Gasteiger partial charge < -0.3 is 15.4 Å². The highest BCUT2D eigenvalue weighted by molar-refractivity contribution is 7.08. The molecule has 0 aliphatic rings. The van der Waals surface area contributed by atoms with Gasteiger partial charge in [0.05, 0.1) is 0 Å². The molecule has 0 radical (unpaired) electrons. The third-order valence-corrected chi connectivity index (χ3v) is 3.39. The largest absolute Gasteiger partial charge is 0.444 e. The van der Waals surface area contributed by atoms with E-state index in [4.69, 9.17) is 4.74 Å². The molecule has 19 heavy (non-hydrogen) atoms. The Labute approximate surface area is 119 Å². The lowest BCUT2D eigenvalue weighted by atomic mass is 10.2. The van der Waals surface area contributed by atoms with E-state index in [0.717, 1.165) is 19.5 Å². The molecule has 0 fully saturated rings. The molecule has 0 saturated heterocycles. The first-order valence-electron chi connectivity index (χ1n) is 6.58. The second-order valence-corrected chi connectivity index (χ2v) is 6.28. The van der Waals surface area contributed by atoms with E-state index in [1.54, 1.807) is 11.3 Å². The number of hydrogen-bond acceptors (Lipinski definition) is 4. The van der Waals surface area contributed by atoms with Gasteiger partial charge in [-0.2, -0.15) is 11.3 Å². The van der Waals surface area contributed by atoms with Crippen LogP contribution in [0, 0.1) is 6.92 Å². The summed E-state index contributed by atoms with van der Waals surface area (Å²) in [7, 11) is 0. The molecule has 1 aromatic heterocycles. The summed E-state index contributed by atoms with van der Waals surface area (Å²) in [6, 6.07) is 0. The van der Waals surface area contributed by atoms with Gasteiger partial charge in [-0.1, -0.05) is 0 Å². The van der Waals surface area contributed by atoms with Crippen molar-refractivity contribution in [3.05, 3.63) is 21.9 Å². The first-order chi connectivity index (χ1) is 8.88. The lowest BCUT2D eigenvalue weighted by molar-refractivity contribution is 0.0527. The fraction of sp³-hybridized carbons (Fsp3) is 0.643. The number of rotatable bonds is 6. The van der Waals surface area contributed by atoms with Crippen molar-refractivity contribution in [3.8, 4) is 0 Å². The average molecular weight is 284 g/mol. The minimum Gasteiger partial charge on any atom is -0.444 e. The van der Waals surface area contributed by atoms with Crippen molar-refractivity contribution < 1.29 is 9.53 Å². The molecule has 0 unspecified atom stereocenters. The van der Waals surface area contributed by atoms with Crippen molar-refractivity contribution in [3.63, 3.8) is 0 Å². The quantitative estimate of drug-likeness (QED) is 0.789. The molecule has 0 aromatic carbocycles. The Hall–Kier alpha value is -1.07. The van der Waals surface area contributed by atoms with E-state index in [1.807, 2.05) is 20.8 Å². The molecule has 0 bridgehead atoms. The van der Waals surface area contributed by atoms with Crippen LogP contribution in [0.5, 0.6) is 0 Å². The number of alkyl carbamates (subject to hydrolysis) is 1. The van der Waals surface area contributed by atoms with Crippen LogP contribution in [0.2, 0.25) is 0 Å². The fourth-order valence-electron chi connectivity index (χ4n) is 1.51. The van der Waals surface area contributed by atoms with Crippen LogP contribution in [0.4, 0.5) is 4.79 Å². The second-order valence-electron chi connectivity index (χ2n) is 5.54. The van der Waals surface area contributed by atoms with Crippen molar-refractivity contribution in [2.45, 2.75) is 46.3 Å². The normalized spacial score (nSPS) is 11.4. The van der Waals surface area contributed by atoms with Gasteiger partial charge in [-0.15, -0.1) is 0 Å². The number of aryl methyl sites for hydroxylation is 1. The highest BCUT2D eigenvalue weighted by Crippen LogP contribution is 2.12. The van der Waals surface area contributed by atoms with Gasteiger partial charge in [-0.3, -0.25) is 0 Å². The molecule has 0 aliphatic heterocycles. The molecule has 108 valence electrons. The summed E-state index contributed by atoms with van der Waals surface area (Å²) in [6.45, 7) is 10.1. The number of nitrogens with one attached hydrogen (secondary N) is 2. The Kier molecular flexibility index (Phi) is 6.31. The Balaban J connectivity index is 2.03. The van der Waals surface area contributed by atoms with Crippen molar-refractivity contribution in [2.75, 3.05) is 13.1 Å². The van der Waals surface area contributed by atoms with Crippen LogP contribution >= 0.6 is 11.3 Å².